The molecule has 0 spiro atoms. The van der Waals surface area contributed by atoms with Gasteiger partial charge in [-0.1, -0.05) is 5.16 Å². The Morgan fingerprint density at radius 1 is 1.35 bits per heavy atom. The molecular weight excluding hydrogens is 218 g/mol. The Hall–Kier alpha value is -1.26. The normalized spacial score (nSPS) is 28.6. The molecule has 0 saturated heterocycles. The van der Waals surface area contributed by atoms with Gasteiger partial charge < -0.3 is 16.3 Å². The first-order valence-electron chi connectivity index (χ1n) is 6.39. The van der Waals surface area contributed by atoms with E-state index in [-0.39, 0.29) is 11.7 Å². The van der Waals surface area contributed by atoms with Crippen molar-refractivity contribution in [3.05, 3.63) is 0 Å². The Bertz CT molecular complexity index is 379. The van der Waals surface area contributed by atoms with E-state index < -0.39 is 5.41 Å². The van der Waals surface area contributed by atoms with E-state index in [0.717, 1.165) is 12.5 Å². The molecule has 0 aromatic rings. The van der Waals surface area contributed by atoms with Gasteiger partial charge in [0.15, 0.2) is 5.84 Å². The van der Waals surface area contributed by atoms with E-state index in [2.05, 4.69) is 10.5 Å². The molecule has 0 unspecified atom stereocenters. The van der Waals surface area contributed by atoms with Gasteiger partial charge in [-0.05, 0) is 49.9 Å². The first-order valence-corrected chi connectivity index (χ1v) is 6.39. The summed E-state index contributed by atoms with van der Waals surface area (Å²) in [7, 11) is 0. The van der Waals surface area contributed by atoms with Gasteiger partial charge in [-0.3, -0.25) is 4.79 Å². The first-order chi connectivity index (χ1) is 8.13. The van der Waals surface area contributed by atoms with E-state index in [1.165, 1.54) is 25.7 Å². The molecule has 3 aliphatic rings. The summed E-state index contributed by atoms with van der Waals surface area (Å²) in [5.74, 6) is 0.841. The zero-order valence-corrected chi connectivity index (χ0v) is 9.91. The number of nitrogens with zero attached hydrogens (tertiary/aromatic N) is 1. The maximum atomic E-state index is 12.1. The highest BCUT2D eigenvalue weighted by atomic mass is 16.4. The molecule has 0 aromatic heterocycles. The number of hydrogen-bond acceptors (Lipinski definition) is 3. The van der Waals surface area contributed by atoms with Crippen LogP contribution in [-0.4, -0.2) is 23.5 Å². The Morgan fingerprint density at radius 3 is 2.41 bits per heavy atom. The van der Waals surface area contributed by atoms with Gasteiger partial charge in [-0.25, -0.2) is 0 Å². The van der Waals surface area contributed by atoms with E-state index in [9.17, 15) is 4.79 Å². The largest absolute Gasteiger partial charge is 0.409 e. The Labute approximate surface area is 100 Å². The van der Waals surface area contributed by atoms with Crippen molar-refractivity contribution in [2.75, 3.05) is 6.54 Å². The maximum absolute atomic E-state index is 12.1. The number of amides is 1. The second-order valence-electron chi connectivity index (χ2n) is 5.89. The third-order valence-electron chi connectivity index (χ3n) is 4.72. The molecule has 3 fully saturated rings. The summed E-state index contributed by atoms with van der Waals surface area (Å²) < 4.78 is 0. The summed E-state index contributed by atoms with van der Waals surface area (Å²) in [4.78, 5) is 12.1. The zero-order chi connectivity index (χ0) is 12.1. The molecular formula is C12H19N3O2. The van der Waals surface area contributed by atoms with Crippen LogP contribution in [-0.2, 0) is 4.79 Å². The quantitative estimate of drug-likeness (QED) is 0.286. The van der Waals surface area contributed by atoms with E-state index in [4.69, 9.17) is 10.9 Å². The van der Waals surface area contributed by atoms with Crippen LogP contribution in [0, 0.1) is 16.7 Å². The fourth-order valence-corrected chi connectivity index (χ4v) is 2.83. The fraction of sp³-hybridized carbons (Fsp3) is 0.833. The van der Waals surface area contributed by atoms with Crippen molar-refractivity contribution in [3.63, 3.8) is 0 Å². The number of amidine groups is 1. The minimum atomic E-state index is -0.700. The van der Waals surface area contributed by atoms with Crippen molar-refractivity contribution >= 4 is 11.7 Å². The van der Waals surface area contributed by atoms with Crippen molar-refractivity contribution in [3.8, 4) is 0 Å². The number of nitrogens with one attached hydrogen (secondary N) is 1. The van der Waals surface area contributed by atoms with Gasteiger partial charge in [0.25, 0.3) is 0 Å². The molecule has 0 heterocycles. The number of rotatable bonds is 5. The molecule has 0 atom stereocenters. The van der Waals surface area contributed by atoms with Gasteiger partial charge in [0.05, 0.1) is 0 Å². The summed E-state index contributed by atoms with van der Waals surface area (Å²) in [5.41, 5.74) is 5.28. The standard InChI is InChI=1S/C12H19N3O2/c13-9(15-17)12(5-6-12)10(16)14-7-11(3-4-11)8-1-2-8/h8,17H,1-7H2,(H2,13,15)(H,14,16). The first kappa shape index (κ1) is 10.9. The monoisotopic (exact) mass is 237 g/mol. The molecule has 3 saturated carbocycles. The minimum Gasteiger partial charge on any atom is -0.409 e. The summed E-state index contributed by atoms with van der Waals surface area (Å²) >= 11 is 0. The van der Waals surface area contributed by atoms with Crippen molar-refractivity contribution in [2.24, 2.45) is 27.6 Å². The van der Waals surface area contributed by atoms with Crippen LogP contribution in [0.5, 0.6) is 0 Å². The molecule has 0 radical (unpaired) electrons. The topological polar surface area (TPSA) is 87.7 Å². The van der Waals surface area contributed by atoms with Gasteiger partial charge in [-0.15, -0.1) is 0 Å². The predicted octanol–water partition coefficient (Wildman–Crippen LogP) is 0.819. The van der Waals surface area contributed by atoms with Crippen molar-refractivity contribution < 1.29 is 10.0 Å². The van der Waals surface area contributed by atoms with Crippen molar-refractivity contribution in [2.45, 2.75) is 38.5 Å². The van der Waals surface area contributed by atoms with Gasteiger partial charge in [-0.2, -0.15) is 0 Å². The molecule has 3 aliphatic carbocycles. The second-order valence-corrected chi connectivity index (χ2v) is 5.89. The Morgan fingerprint density at radius 2 is 2.00 bits per heavy atom. The van der Waals surface area contributed by atoms with Crippen LogP contribution >= 0.6 is 0 Å². The van der Waals surface area contributed by atoms with E-state index in [1.807, 2.05) is 0 Å². The lowest BCUT2D eigenvalue weighted by molar-refractivity contribution is -0.124. The highest BCUT2D eigenvalue weighted by molar-refractivity contribution is 6.09. The van der Waals surface area contributed by atoms with Crippen molar-refractivity contribution in [1.82, 2.24) is 5.32 Å². The smallest absolute Gasteiger partial charge is 0.233 e. The summed E-state index contributed by atoms with van der Waals surface area (Å²) in [6, 6.07) is 0. The Balaban J connectivity index is 1.57. The summed E-state index contributed by atoms with van der Waals surface area (Å²) in [6.45, 7) is 0.775. The van der Waals surface area contributed by atoms with Gasteiger partial charge in [0, 0.05) is 6.54 Å². The second kappa shape index (κ2) is 3.37. The van der Waals surface area contributed by atoms with Gasteiger partial charge in [0.1, 0.15) is 5.41 Å². The highest BCUT2D eigenvalue weighted by Gasteiger charge is 2.57. The molecule has 4 N–H and O–H groups in total. The van der Waals surface area contributed by atoms with Crippen LogP contribution in [0.4, 0.5) is 0 Å². The molecule has 1 amide bonds. The van der Waals surface area contributed by atoms with E-state index in [0.29, 0.717) is 18.3 Å². The molecule has 5 nitrogen and oxygen atoms in total. The molecule has 0 bridgehead atoms. The summed E-state index contributed by atoms with van der Waals surface area (Å²) in [5, 5.41) is 14.7. The van der Waals surface area contributed by atoms with Crippen LogP contribution in [0.3, 0.4) is 0 Å². The molecule has 0 aliphatic heterocycles. The van der Waals surface area contributed by atoms with Crippen LogP contribution in [0.15, 0.2) is 5.16 Å². The minimum absolute atomic E-state index is 0.0558. The lowest BCUT2D eigenvalue weighted by Gasteiger charge is -2.18. The predicted molar refractivity (Wildman–Crippen MR) is 62.5 cm³/mol. The van der Waals surface area contributed by atoms with Crippen LogP contribution < -0.4 is 11.1 Å². The molecule has 3 rings (SSSR count). The average molecular weight is 237 g/mol. The fourth-order valence-electron chi connectivity index (χ4n) is 2.83. The average Bonchev–Trinajstić information content (AvgIpc) is 3.17. The van der Waals surface area contributed by atoms with Gasteiger partial charge in [0.2, 0.25) is 5.91 Å². The SMILES string of the molecule is NC(=NO)C1(C(=O)NCC2(C3CC3)CC2)CC1. The maximum Gasteiger partial charge on any atom is 0.233 e. The van der Waals surface area contributed by atoms with Crippen LogP contribution in [0.2, 0.25) is 0 Å². The van der Waals surface area contributed by atoms with Crippen LogP contribution in [0.1, 0.15) is 38.5 Å². The highest BCUT2D eigenvalue weighted by Crippen LogP contribution is 2.61. The molecule has 94 valence electrons. The van der Waals surface area contributed by atoms with Crippen molar-refractivity contribution in [1.29, 1.82) is 0 Å². The molecule has 5 heteroatoms. The lowest BCUT2D eigenvalue weighted by atomic mass is 9.99. The number of hydrogen-bond donors (Lipinski definition) is 3. The molecule has 17 heavy (non-hydrogen) atoms. The van der Waals surface area contributed by atoms with Crippen LogP contribution in [0.25, 0.3) is 0 Å². The van der Waals surface area contributed by atoms with Gasteiger partial charge >= 0.3 is 0 Å². The summed E-state index contributed by atoms with van der Waals surface area (Å²) in [6.07, 6.45) is 6.53. The Kier molecular flexibility index (Phi) is 2.15. The number of oxime groups is 1. The number of nitrogens with two attached hydrogens (primary N) is 1. The van der Waals surface area contributed by atoms with E-state index >= 15 is 0 Å². The third-order valence-corrected chi connectivity index (χ3v) is 4.72. The third kappa shape index (κ3) is 1.68. The number of carbonyl (C=O) groups excluding carboxylic acids is 1. The number of carbonyl (C=O) groups is 1. The molecule has 0 aromatic carbocycles. The van der Waals surface area contributed by atoms with E-state index in [1.54, 1.807) is 0 Å². The lowest BCUT2D eigenvalue weighted by Crippen LogP contribution is -2.43. The zero-order valence-electron chi connectivity index (χ0n) is 9.91.